The van der Waals surface area contributed by atoms with Gasteiger partial charge in [-0.15, -0.1) is 6.61 Å². The van der Waals surface area contributed by atoms with Crippen LogP contribution in [0.15, 0.2) is 0 Å². The minimum absolute atomic E-state index is 0. The quantitative estimate of drug-likeness (QED) is 0.570. The van der Waals surface area contributed by atoms with Crippen LogP contribution in [0, 0.1) is 17.8 Å². The Morgan fingerprint density at radius 2 is 2.06 bits per heavy atom. The first-order chi connectivity index (χ1) is 7.69. The average Bonchev–Trinajstić information content (AvgIpc) is 2.20. The molecule has 0 amide bonds. The Morgan fingerprint density at radius 3 is 2.59 bits per heavy atom. The third-order valence-corrected chi connectivity index (χ3v) is 4.38. The van der Waals surface area contributed by atoms with Crippen molar-refractivity contribution in [2.75, 3.05) is 26.2 Å². The van der Waals surface area contributed by atoms with Gasteiger partial charge in [0, 0.05) is 13.1 Å². The summed E-state index contributed by atoms with van der Waals surface area (Å²) in [5.41, 5.74) is 0. The molecule has 1 heterocycles. The number of aliphatic hydroxyl groups excluding tert-OH is 1. The Balaban J connectivity index is 0.00000144. The zero-order valence-corrected chi connectivity index (χ0v) is 14.4. The van der Waals surface area contributed by atoms with E-state index in [4.69, 9.17) is 0 Å². The molecule has 2 atom stereocenters. The number of hydrogen-bond acceptors (Lipinski definition) is 3. The van der Waals surface area contributed by atoms with E-state index in [2.05, 4.69) is 11.8 Å². The summed E-state index contributed by atoms with van der Waals surface area (Å²) in [5, 5.41) is 19.9. The van der Waals surface area contributed by atoms with Crippen molar-refractivity contribution in [2.45, 2.75) is 38.7 Å². The van der Waals surface area contributed by atoms with Crippen LogP contribution >= 0.6 is 0 Å². The van der Waals surface area contributed by atoms with E-state index in [1.54, 1.807) is 0 Å². The van der Waals surface area contributed by atoms with E-state index in [9.17, 15) is 10.2 Å². The monoisotopic (exact) mass is 265 g/mol. The van der Waals surface area contributed by atoms with Gasteiger partial charge in [0.1, 0.15) is 0 Å². The number of aliphatic hydroxyl groups is 1. The summed E-state index contributed by atoms with van der Waals surface area (Å²) in [6.45, 7) is 5.83. The number of hydrogen-bond donors (Lipinski definition) is 1. The SMILES string of the molecule is C[C@@H]1CN(CC2CC(O)C2)CC[C@@H]1CC[O-].[K+]. The predicted molar refractivity (Wildman–Crippen MR) is 61.9 cm³/mol. The molecule has 1 N–H and O–H groups in total. The van der Waals surface area contributed by atoms with Crippen molar-refractivity contribution < 1.29 is 61.6 Å². The minimum atomic E-state index is -0.0274. The van der Waals surface area contributed by atoms with Gasteiger partial charge >= 0.3 is 51.4 Å². The van der Waals surface area contributed by atoms with Crippen LogP contribution in [0.3, 0.4) is 0 Å². The third kappa shape index (κ3) is 4.84. The molecule has 1 aliphatic heterocycles. The van der Waals surface area contributed by atoms with Gasteiger partial charge in [-0.3, -0.25) is 0 Å². The molecular weight excluding hydrogens is 241 g/mol. The van der Waals surface area contributed by atoms with Gasteiger partial charge in [-0.05, 0) is 43.6 Å². The summed E-state index contributed by atoms with van der Waals surface area (Å²) in [6, 6.07) is 0. The van der Waals surface area contributed by atoms with E-state index in [0.29, 0.717) is 11.8 Å². The van der Waals surface area contributed by atoms with Gasteiger partial charge in [0.25, 0.3) is 0 Å². The molecule has 3 nitrogen and oxygen atoms in total. The van der Waals surface area contributed by atoms with Crippen molar-refractivity contribution in [1.29, 1.82) is 0 Å². The Kier molecular flexibility index (Phi) is 7.75. The van der Waals surface area contributed by atoms with E-state index in [-0.39, 0.29) is 64.1 Å². The third-order valence-electron chi connectivity index (χ3n) is 4.38. The van der Waals surface area contributed by atoms with Crippen LogP contribution in [0.25, 0.3) is 0 Å². The molecule has 2 aliphatic rings. The molecule has 94 valence electrons. The number of piperidine rings is 1. The molecule has 4 heteroatoms. The number of likely N-dealkylation sites (tertiary alicyclic amines) is 1. The van der Waals surface area contributed by atoms with Crippen LogP contribution < -0.4 is 56.5 Å². The van der Waals surface area contributed by atoms with Gasteiger partial charge in [0.05, 0.1) is 6.10 Å². The van der Waals surface area contributed by atoms with Crippen molar-refractivity contribution in [3.8, 4) is 0 Å². The summed E-state index contributed by atoms with van der Waals surface area (Å²) in [7, 11) is 0. The second-order valence-corrected chi connectivity index (χ2v) is 5.77. The Morgan fingerprint density at radius 1 is 1.35 bits per heavy atom. The molecule has 2 rings (SSSR count). The molecule has 0 unspecified atom stereocenters. The number of rotatable bonds is 4. The molecule has 0 radical (unpaired) electrons. The molecule has 1 aliphatic carbocycles. The van der Waals surface area contributed by atoms with Crippen molar-refractivity contribution in [3.05, 3.63) is 0 Å². The van der Waals surface area contributed by atoms with Crippen LogP contribution in [0.2, 0.25) is 0 Å². The van der Waals surface area contributed by atoms with E-state index in [1.165, 1.54) is 6.42 Å². The minimum Gasteiger partial charge on any atom is -0.854 e. The number of nitrogens with zero attached hydrogens (tertiary/aromatic N) is 1. The standard InChI is InChI=1S/C13H24NO2.K/c1-10-8-14(4-2-12(10)3-5-15)9-11-6-13(16)7-11;/h10-13,16H,2-9H2,1H3;/q-1;+1/t10-,11?,12-,13?;/m1./s1. The summed E-state index contributed by atoms with van der Waals surface area (Å²) in [4.78, 5) is 2.53. The van der Waals surface area contributed by atoms with E-state index < -0.39 is 0 Å². The van der Waals surface area contributed by atoms with Gasteiger partial charge in [-0.1, -0.05) is 13.3 Å². The van der Waals surface area contributed by atoms with Crippen molar-refractivity contribution in [1.82, 2.24) is 4.90 Å². The van der Waals surface area contributed by atoms with Gasteiger partial charge in [0.2, 0.25) is 0 Å². The van der Waals surface area contributed by atoms with Crippen molar-refractivity contribution >= 4 is 0 Å². The molecule has 1 saturated carbocycles. The maximum absolute atomic E-state index is 10.7. The zero-order chi connectivity index (χ0) is 11.5. The average molecular weight is 265 g/mol. The topological polar surface area (TPSA) is 46.5 Å². The molecule has 0 aromatic rings. The molecule has 2 fully saturated rings. The molecule has 0 spiro atoms. The summed E-state index contributed by atoms with van der Waals surface area (Å²) >= 11 is 0. The summed E-state index contributed by atoms with van der Waals surface area (Å²) in [5.74, 6) is 2.05. The fraction of sp³-hybridized carbons (Fsp3) is 1.00. The van der Waals surface area contributed by atoms with Gasteiger partial charge in [0.15, 0.2) is 0 Å². The fourth-order valence-corrected chi connectivity index (χ4v) is 3.24. The maximum Gasteiger partial charge on any atom is 1.00 e. The van der Waals surface area contributed by atoms with Crippen LogP contribution in [0.4, 0.5) is 0 Å². The summed E-state index contributed by atoms with van der Waals surface area (Å²) in [6.07, 6.45) is 4.01. The summed E-state index contributed by atoms with van der Waals surface area (Å²) < 4.78 is 0. The zero-order valence-electron chi connectivity index (χ0n) is 11.3. The van der Waals surface area contributed by atoms with Crippen molar-refractivity contribution in [2.24, 2.45) is 17.8 Å². The Labute approximate surface area is 147 Å². The molecule has 0 bridgehead atoms. The predicted octanol–water partition coefficient (Wildman–Crippen LogP) is -2.53. The normalized spacial score (nSPS) is 38.3. The maximum atomic E-state index is 10.7. The molecular formula is C13H24KNO2. The fourth-order valence-electron chi connectivity index (χ4n) is 3.24. The largest absolute Gasteiger partial charge is 1.00 e. The van der Waals surface area contributed by atoms with Gasteiger partial charge in [-0.25, -0.2) is 0 Å². The van der Waals surface area contributed by atoms with E-state index >= 15 is 0 Å². The van der Waals surface area contributed by atoms with Crippen LogP contribution in [0.1, 0.15) is 32.6 Å². The second-order valence-electron chi connectivity index (χ2n) is 5.77. The van der Waals surface area contributed by atoms with Crippen LogP contribution in [0.5, 0.6) is 0 Å². The molecule has 0 aromatic carbocycles. The first-order valence-corrected chi connectivity index (χ1v) is 6.67. The Bertz CT molecular complexity index is 221. The molecule has 0 aromatic heterocycles. The van der Waals surface area contributed by atoms with E-state index in [1.807, 2.05) is 0 Å². The van der Waals surface area contributed by atoms with E-state index in [0.717, 1.165) is 44.8 Å². The first-order valence-electron chi connectivity index (χ1n) is 6.67. The molecule has 17 heavy (non-hydrogen) atoms. The van der Waals surface area contributed by atoms with Gasteiger partial charge < -0.3 is 15.1 Å². The van der Waals surface area contributed by atoms with Crippen LogP contribution in [-0.2, 0) is 0 Å². The molecule has 1 saturated heterocycles. The van der Waals surface area contributed by atoms with Crippen LogP contribution in [-0.4, -0.2) is 42.4 Å². The van der Waals surface area contributed by atoms with Crippen molar-refractivity contribution in [3.63, 3.8) is 0 Å². The van der Waals surface area contributed by atoms with Gasteiger partial charge in [-0.2, -0.15) is 0 Å². The smallest absolute Gasteiger partial charge is 0.854 e. The second kappa shape index (κ2) is 7.95. The first kappa shape index (κ1) is 16.6. The Hall–Kier alpha value is 1.52.